The van der Waals surface area contributed by atoms with Gasteiger partial charge in [-0.25, -0.2) is 9.97 Å². The van der Waals surface area contributed by atoms with Crippen LogP contribution in [0.15, 0.2) is 42.7 Å². The first-order valence-corrected chi connectivity index (χ1v) is 9.88. The molecule has 1 aromatic carbocycles. The number of carbonyl (C=O) groups is 1. The third-order valence-electron chi connectivity index (χ3n) is 5.61. The number of aromatic nitrogens is 2. The van der Waals surface area contributed by atoms with E-state index in [0.717, 1.165) is 57.1 Å². The van der Waals surface area contributed by atoms with Crippen molar-refractivity contribution in [3.63, 3.8) is 0 Å². The number of amides is 1. The number of rotatable bonds is 5. The van der Waals surface area contributed by atoms with Crippen LogP contribution in [0.1, 0.15) is 6.42 Å². The Kier molecular flexibility index (Phi) is 5.83. The number of methoxy groups -OCH3 is 1. The van der Waals surface area contributed by atoms with Gasteiger partial charge >= 0.3 is 0 Å². The third-order valence-corrected chi connectivity index (χ3v) is 5.61. The Bertz CT molecular complexity index is 775. The zero-order chi connectivity index (χ0) is 19.3. The maximum absolute atomic E-state index is 12.6. The highest BCUT2D eigenvalue weighted by atomic mass is 16.5. The second kappa shape index (κ2) is 8.67. The molecule has 0 aliphatic carbocycles. The zero-order valence-electron chi connectivity index (χ0n) is 16.3. The number of benzene rings is 1. The van der Waals surface area contributed by atoms with Crippen LogP contribution < -0.4 is 4.90 Å². The third kappa shape index (κ3) is 4.31. The number of anilines is 1. The number of nitrogens with zero attached hydrogens (tertiary/aromatic N) is 5. The van der Waals surface area contributed by atoms with Crippen LogP contribution >= 0.6 is 0 Å². The lowest BCUT2D eigenvalue weighted by Crippen LogP contribution is -2.51. The van der Waals surface area contributed by atoms with E-state index in [1.54, 1.807) is 19.5 Å². The van der Waals surface area contributed by atoms with Crippen LogP contribution in [0, 0.1) is 0 Å². The van der Waals surface area contributed by atoms with Gasteiger partial charge in [-0.05, 0) is 36.8 Å². The monoisotopic (exact) mass is 381 g/mol. The maximum Gasteiger partial charge on any atom is 0.236 e. The fourth-order valence-corrected chi connectivity index (χ4v) is 3.91. The standard InChI is InChI=1S/C21H27N5O2/c1-28-19-7-10-24(15-19)16-20(27)26-13-11-25(12-14-26)18-5-3-17(4-6-18)21-22-8-2-9-23-21/h2-6,8-9,19H,7,10-16H2,1H3/t19-/m0/s1. The second-order valence-electron chi connectivity index (χ2n) is 7.37. The quantitative estimate of drug-likeness (QED) is 0.783. The molecule has 2 aromatic rings. The lowest BCUT2D eigenvalue weighted by Gasteiger charge is -2.36. The highest BCUT2D eigenvalue weighted by Gasteiger charge is 2.27. The van der Waals surface area contributed by atoms with Crippen molar-refractivity contribution in [3.05, 3.63) is 42.7 Å². The van der Waals surface area contributed by atoms with Crippen LogP contribution in [-0.4, -0.2) is 84.7 Å². The Hall–Kier alpha value is -2.51. The summed E-state index contributed by atoms with van der Waals surface area (Å²) in [4.78, 5) is 27.7. The van der Waals surface area contributed by atoms with E-state index in [-0.39, 0.29) is 12.0 Å². The van der Waals surface area contributed by atoms with Gasteiger partial charge in [-0.2, -0.15) is 0 Å². The number of hydrogen-bond acceptors (Lipinski definition) is 6. The van der Waals surface area contributed by atoms with Crippen LogP contribution in [0.2, 0.25) is 0 Å². The van der Waals surface area contributed by atoms with E-state index < -0.39 is 0 Å². The molecule has 0 bridgehead atoms. The number of likely N-dealkylation sites (tertiary alicyclic amines) is 1. The van der Waals surface area contributed by atoms with Crippen molar-refractivity contribution >= 4 is 11.6 Å². The molecule has 0 N–H and O–H groups in total. The van der Waals surface area contributed by atoms with Crippen LogP contribution in [0.5, 0.6) is 0 Å². The summed E-state index contributed by atoms with van der Waals surface area (Å²) in [5, 5.41) is 0. The summed E-state index contributed by atoms with van der Waals surface area (Å²) in [6, 6.07) is 10.2. The van der Waals surface area contributed by atoms with Gasteiger partial charge in [0.1, 0.15) is 0 Å². The van der Waals surface area contributed by atoms with Crippen LogP contribution in [0.3, 0.4) is 0 Å². The van der Waals surface area contributed by atoms with Gasteiger partial charge in [-0.3, -0.25) is 9.69 Å². The van der Waals surface area contributed by atoms with E-state index in [9.17, 15) is 4.79 Å². The minimum absolute atomic E-state index is 0.230. The van der Waals surface area contributed by atoms with Crippen molar-refractivity contribution in [2.24, 2.45) is 0 Å². The molecule has 1 amide bonds. The van der Waals surface area contributed by atoms with Gasteiger partial charge in [0.2, 0.25) is 5.91 Å². The van der Waals surface area contributed by atoms with E-state index in [1.165, 1.54) is 5.69 Å². The van der Waals surface area contributed by atoms with E-state index in [0.29, 0.717) is 6.54 Å². The summed E-state index contributed by atoms with van der Waals surface area (Å²) in [5.41, 5.74) is 2.19. The number of carbonyl (C=O) groups excluding carboxylic acids is 1. The van der Waals surface area contributed by atoms with Gasteiger partial charge in [-0.15, -0.1) is 0 Å². The SMILES string of the molecule is CO[C@H]1CCN(CC(=O)N2CCN(c3ccc(-c4ncccn4)cc3)CC2)C1. The number of ether oxygens (including phenoxy) is 1. The fourth-order valence-electron chi connectivity index (χ4n) is 3.91. The Morgan fingerprint density at radius 2 is 1.79 bits per heavy atom. The predicted molar refractivity (Wildman–Crippen MR) is 108 cm³/mol. The number of hydrogen-bond donors (Lipinski definition) is 0. The average Bonchev–Trinajstić information content (AvgIpc) is 3.22. The fraction of sp³-hybridized carbons (Fsp3) is 0.476. The van der Waals surface area contributed by atoms with Crippen molar-refractivity contribution in [3.8, 4) is 11.4 Å². The molecule has 0 saturated carbocycles. The molecule has 7 heteroatoms. The first-order valence-electron chi connectivity index (χ1n) is 9.88. The summed E-state index contributed by atoms with van der Waals surface area (Å²) < 4.78 is 5.39. The minimum Gasteiger partial charge on any atom is -0.380 e. The predicted octanol–water partition coefficient (Wildman–Crippen LogP) is 1.51. The van der Waals surface area contributed by atoms with E-state index >= 15 is 0 Å². The van der Waals surface area contributed by atoms with E-state index in [2.05, 4.69) is 44.0 Å². The van der Waals surface area contributed by atoms with Gasteiger partial charge in [0, 0.05) is 70.0 Å². The Morgan fingerprint density at radius 3 is 2.43 bits per heavy atom. The average molecular weight is 381 g/mol. The van der Waals surface area contributed by atoms with Crippen molar-refractivity contribution in [1.29, 1.82) is 0 Å². The van der Waals surface area contributed by atoms with Gasteiger partial charge in [0.25, 0.3) is 0 Å². The van der Waals surface area contributed by atoms with Crippen molar-refractivity contribution in [1.82, 2.24) is 19.8 Å². The smallest absolute Gasteiger partial charge is 0.236 e. The molecule has 2 aliphatic heterocycles. The molecule has 28 heavy (non-hydrogen) atoms. The molecular formula is C21H27N5O2. The summed E-state index contributed by atoms with van der Waals surface area (Å²) in [5.74, 6) is 0.968. The first kappa shape index (κ1) is 18.8. The zero-order valence-corrected chi connectivity index (χ0v) is 16.3. The van der Waals surface area contributed by atoms with Gasteiger partial charge < -0.3 is 14.5 Å². The Morgan fingerprint density at radius 1 is 1.07 bits per heavy atom. The minimum atomic E-state index is 0.230. The van der Waals surface area contributed by atoms with Crippen LogP contribution in [0.4, 0.5) is 5.69 Å². The molecule has 0 radical (unpaired) electrons. The Labute approximate surface area is 165 Å². The Balaban J connectivity index is 1.28. The summed E-state index contributed by atoms with van der Waals surface area (Å²) >= 11 is 0. The highest BCUT2D eigenvalue weighted by Crippen LogP contribution is 2.21. The van der Waals surface area contributed by atoms with Gasteiger partial charge in [-0.1, -0.05) is 0 Å². The first-order chi connectivity index (χ1) is 13.7. The van der Waals surface area contributed by atoms with Crippen molar-refractivity contribution in [2.45, 2.75) is 12.5 Å². The molecule has 4 rings (SSSR count). The molecule has 2 saturated heterocycles. The normalized spacial score (nSPS) is 20.5. The molecule has 7 nitrogen and oxygen atoms in total. The molecule has 2 fully saturated rings. The highest BCUT2D eigenvalue weighted by molar-refractivity contribution is 5.78. The van der Waals surface area contributed by atoms with Gasteiger partial charge in [0.15, 0.2) is 5.82 Å². The summed E-state index contributed by atoms with van der Waals surface area (Å²) in [7, 11) is 1.74. The molecule has 148 valence electrons. The summed E-state index contributed by atoms with van der Waals surface area (Å²) in [6.45, 7) is 5.56. The molecular weight excluding hydrogens is 354 g/mol. The summed E-state index contributed by atoms with van der Waals surface area (Å²) in [6.07, 6.45) is 4.80. The van der Waals surface area contributed by atoms with Crippen molar-refractivity contribution < 1.29 is 9.53 Å². The molecule has 3 heterocycles. The molecule has 1 aromatic heterocycles. The lowest BCUT2D eigenvalue weighted by molar-refractivity contribution is -0.132. The van der Waals surface area contributed by atoms with Crippen LogP contribution in [-0.2, 0) is 9.53 Å². The molecule has 0 spiro atoms. The van der Waals surface area contributed by atoms with Crippen molar-refractivity contribution in [2.75, 3.05) is 57.8 Å². The molecule has 2 aliphatic rings. The maximum atomic E-state index is 12.6. The van der Waals surface area contributed by atoms with Gasteiger partial charge in [0.05, 0.1) is 12.6 Å². The number of piperazine rings is 1. The van der Waals surface area contributed by atoms with Crippen LogP contribution in [0.25, 0.3) is 11.4 Å². The topological polar surface area (TPSA) is 61.8 Å². The second-order valence-corrected chi connectivity index (χ2v) is 7.37. The largest absolute Gasteiger partial charge is 0.380 e. The molecule has 1 atom stereocenters. The van der Waals surface area contributed by atoms with E-state index in [4.69, 9.17) is 4.74 Å². The lowest BCUT2D eigenvalue weighted by atomic mass is 10.1. The van der Waals surface area contributed by atoms with E-state index in [1.807, 2.05) is 11.0 Å². The molecule has 0 unspecified atom stereocenters.